The molecule has 1 aromatic rings. The van der Waals surface area contributed by atoms with E-state index in [0.717, 1.165) is 11.6 Å². The summed E-state index contributed by atoms with van der Waals surface area (Å²) in [7, 11) is 0. The predicted molar refractivity (Wildman–Crippen MR) is 87.3 cm³/mol. The van der Waals surface area contributed by atoms with Gasteiger partial charge in [-0.05, 0) is 43.7 Å². The molecule has 2 heteroatoms. The van der Waals surface area contributed by atoms with Gasteiger partial charge in [-0.25, -0.2) is 0 Å². The van der Waals surface area contributed by atoms with Gasteiger partial charge in [-0.3, -0.25) is 9.69 Å². The Morgan fingerprint density at radius 2 is 1.86 bits per heavy atom. The van der Waals surface area contributed by atoms with Gasteiger partial charge in [0.1, 0.15) is 5.78 Å². The highest BCUT2D eigenvalue weighted by Gasteiger charge is 2.26. The smallest absolute Gasteiger partial charge is 0.134 e. The molecule has 2 fully saturated rings. The van der Waals surface area contributed by atoms with E-state index in [1.54, 1.807) is 12.5 Å². The minimum Gasteiger partial charge on any atom is -0.300 e. The maximum absolute atomic E-state index is 11.1. The van der Waals surface area contributed by atoms with Crippen LogP contribution in [0, 0.1) is 0 Å². The maximum atomic E-state index is 11.1. The van der Waals surface area contributed by atoms with E-state index in [1.165, 1.54) is 50.8 Å². The molecule has 0 unspecified atom stereocenters. The molecule has 0 atom stereocenters. The highest BCUT2D eigenvalue weighted by atomic mass is 16.1. The molecule has 0 aromatic heterocycles. The number of carbonyl (C=O) groups is 1. The number of ketones is 1. The molecule has 3 rings (SSSR count). The summed E-state index contributed by atoms with van der Waals surface area (Å²) in [5, 5.41) is 0. The number of hydrogen-bond acceptors (Lipinski definition) is 2. The minimum atomic E-state index is 0.226. The second-order valence-electron chi connectivity index (χ2n) is 6.54. The highest BCUT2D eigenvalue weighted by molar-refractivity contribution is 5.78. The van der Waals surface area contributed by atoms with Crippen LogP contribution in [-0.2, 0) is 11.2 Å². The minimum absolute atomic E-state index is 0.226. The van der Waals surface area contributed by atoms with Crippen LogP contribution in [-0.4, -0.2) is 29.8 Å². The van der Waals surface area contributed by atoms with Crippen molar-refractivity contribution in [1.29, 1.82) is 0 Å². The van der Waals surface area contributed by atoms with Crippen molar-refractivity contribution in [1.82, 2.24) is 4.90 Å². The fourth-order valence-electron chi connectivity index (χ4n) is 3.33. The first kappa shape index (κ1) is 14.5. The van der Waals surface area contributed by atoms with E-state index in [0.29, 0.717) is 6.42 Å². The molecular weight excluding hydrogens is 258 g/mol. The summed E-state index contributed by atoms with van der Waals surface area (Å²) in [4.78, 5) is 13.8. The lowest BCUT2D eigenvalue weighted by Crippen LogP contribution is -2.43. The van der Waals surface area contributed by atoms with Crippen LogP contribution in [0.1, 0.15) is 50.2 Å². The first-order valence-electron chi connectivity index (χ1n) is 8.22. The van der Waals surface area contributed by atoms with E-state index in [1.807, 2.05) is 0 Å². The van der Waals surface area contributed by atoms with Crippen molar-refractivity contribution in [2.45, 2.75) is 51.5 Å². The van der Waals surface area contributed by atoms with Crippen molar-refractivity contribution in [2.24, 2.45) is 0 Å². The van der Waals surface area contributed by atoms with Crippen molar-refractivity contribution in [3.8, 4) is 0 Å². The number of nitrogens with zero attached hydrogens (tertiary/aromatic N) is 1. The summed E-state index contributed by atoms with van der Waals surface area (Å²) < 4.78 is 0. The number of hydrogen-bond donors (Lipinski definition) is 0. The van der Waals surface area contributed by atoms with Crippen LogP contribution in [0.4, 0.5) is 0 Å². The van der Waals surface area contributed by atoms with E-state index >= 15 is 0 Å². The Kier molecular flexibility index (Phi) is 4.54. The topological polar surface area (TPSA) is 20.3 Å². The lowest BCUT2D eigenvalue weighted by Gasteiger charge is -2.40. The van der Waals surface area contributed by atoms with Gasteiger partial charge in [0.2, 0.25) is 0 Å². The largest absolute Gasteiger partial charge is 0.300 e. The Bertz CT molecular complexity index is 515. The summed E-state index contributed by atoms with van der Waals surface area (Å²) in [5.74, 6) is 0.226. The van der Waals surface area contributed by atoms with Crippen LogP contribution in [0.2, 0.25) is 0 Å². The second kappa shape index (κ2) is 6.57. The third-order valence-corrected chi connectivity index (χ3v) is 4.83. The summed E-state index contributed by atoms with van der Waals surface area (Å²) in [6.45, 7) is 4.11. The molecule has 0 N–H and O–H groups in total. The molecule has 2 aliphatic rings. The molecule has 0 radical (unpaired) electrons. The van der Waals surface area contributed by atoms with Gasteiger partial charge in [0.15, 0.2) is 0 Å². The van der Waals surface area contributed by atoms with Crippen LogP contribution in [0.3, 0.4) is 0 Å². The van der Waals surface area contributed by atoms with Gasteiger partial charge < -0.3 is 0 Å². The number of likely N-dealkylation sites (tertiary alicyclic amines) is 1. The lowest BCUT2D eigenvalue weighted by atomic mass is 9.89. The average molecular weight is 283 g/mol. The maximum Gasteiger partial charge on any atom is 0.134 e. The van der Waals surface area contributed by atoms with Gasteiger partial charge in [0.05, 0.1) is 0 Å². The fraction of sp³-hybridized carbons (Fsp3) is 0.526. The number of rotatable bonds is 4. The van der Waals surface area contributed by atoms with Gasteiger partial charge in [-0.15, -0.1) is 0 Å². The van der Waals surface area contributed by atoms with E-state index in [-0.39, 0.29) is 5.78 Å². The zero-order valence-electron chi connectivity index (χ0n) is 13.0. The zero-order chi connectivity index (χ0) is 14.7. The van der Waals surface area contributed by atoms with E-state index in [2.05, 4.69) is 35.2 Å². The summed E-state index contributed by atoms with van der Waals surface area (Å²) in [6.07, 6.45) is 9.57. The molecule has 1 saturated carbocycles. The summed E-state index contributed by atoms with van der Waals surface area (Å²) >= 11 is 0. The number of carbonyl (C=O) groups excluding carboxylic acids is 1. The first-order valence-corrected chi connectivity index (χ1v) is 8.22. The molecule has 0 amide bonds. The van der Waals surface area contributed by atoms with Crippen LogP contribution < -0.4 is 0 Å². The third-order valence-electron chi connectivity index (χ3n) is 4.83. The van der Waals surface area contributed by atoms with Crippen LogP contribution in [0.5, 0.6) is 0 Å². The summed E-state index contributed by atoms with van der Waals surface area (Å²) in [5.41, 5.74) is 3.96. The molecule has 2 nitrogen and oxygen atoms in total. The number of Topliss-reactive ketones (excluding diaryl/α,β-unsaturated/α-hetero) is 1. The Hall–Kier alpha value is -1.41. The second-order valence-corrected chi connectivity index (χ2v) is 6.54. The Balaban J connectivity index is 1.56. The van der Waals surface area contributed by atoms with E-state index in [4.69, 9.17) is 0 Å². The highest BCUT2D eigenvalue weighted by Crippen LogP contribution is 2.29. The van der Waals surface area contributed by atoms with E-state index < -0.39 is 0 Å². The van der Waals surface area contributed by atoms with Gasteiger partial charge in [0, 0.05) is 25.6 Å². The van der Waals surface area contributed by atoms with Gasteiger partial charge in [-0.2, -0.15) is 0 Å². The van der Waals surface area contributed by atoms with Crippen molar-refractivity contribution in [3.05, 3.63) is 41.0 Å². The van der Waals surface area contributed by atoms with Crippen molar-refractivity contribution in [2.75, 3.05) is 13.1 Å². The average Bonchev–Trinajstić information content (AvgIpc) is 2.41. The normalized spacial score (nSPS) is 20.1. The molecule has 0 spiro atoms. The zero-order valence-corrected chi connectivity index (χ0v) is 13.0. The lowest BCUT2D eigenvalue weighted by molar-refractivity contribution is -0.116. The molecule has 21 heavy (non-hydrogen) atoms. The van der Waals surface area contributed by atoms with Crippen molar-refractivity contribution >= 4 is 11.9 Å². The molecule has 0 bridgehead atoms. The van der Waals surface area contributed by atoms with Crippen LogP contribution >= 0.6 is 0 Å². The molecule has 112 valence electrons. The molecular formula is C19H25NO. The fourth-order valence-corrected chi connectivity index (χ4v) is 3.33. The molecule has 1 saturated heterocycles. The molecule has 1 aromatic carbocycles. The van der Waals surface area contributed by atoms with E-state index in [9.17, 15) is 4.79 Å². The number of piperidine rings is 1. The Morgan fingerprint density at radius 3 is 2.38 bits per heavy atom. The quantitative estimate of drug-likeness (QED) is 0.836. The first-order chi connectivity index (χ1) is 10.2. The van der Waals surface area contributed by atoms with Crippen molar-refractivity contribution < 1.29 is 4.79 Å². The number of benzene rings is 1. The van der Waals surface area contributed by atoms with Crippen LogP contribution in [0.15, 0.2) is 29.8 Å². The molecule has 1 aliphatic heterocycles. The van der Waals surface area contributed by atoms with Gasteiger partial charge in [-0.1, -0.05) is 42.3 Å². The SMILES string of the molecule is CC(=O)Cc1ccc(C=C2CCN(C3CCC3)CC2)cc1. The third kappa shape index (κ3) is 3.82. The Labute approximate surface area is 127 Å². The predicted octanol–water partition coefficient (Wildman–Crippen LogP) is 3.85. The van der Waals surface area contributed by atoms with Gasteiger partial charge >= 0.3 is 0 Å². The molecule has 1 heterocycles. The molecule has 1 aliphatic carbocycles. The Morgan fingerprint density at radius 1 is 1.19 bits per heavy atom. The monoisotopic (exact) mass is 283 g/mol. The standard InChI is InChI=1S/C19H25NO/c1-15(21)13-16-5-7-17(8-6-16)14-18-9-11-20(12-10-18)19-3-2-4-19/h5-8,14,19H,2-4,9-13H2,1H3. The summed E-state index contributed by atoms with van der Waals surface area (Å²) in [6, 6.07) is 9.33. The van der Waals surface area contributed by atoms with Crippen LogP contribution in [0.25, 0.3) is 6.08 Å². The van der Waals surface area contributed by atoms with Gasteiger partial charge in [0.25, 0.3) is 0 Å². The van der Waals surface area contributed by atoms with Crippen molar-refractivity contribution in [3.63, 3.8) is 0 Å².